The molecule has 3 heteroatoms. The van der Waals surface area contributed by atoms with Crippen LogP contribution in [0.2, 0.25) is 0 Å². The monoisotopic (exact) mass is 349 g/mol. The maximum Gasteiger partial charge on any atom is 0.137 e. The first kappa shape index (κ1) is 16.2. The van der Waals surface area contributed by atoms with Crippen LogP contribution in [0.25, 0.3) is 0 Å². The van der Waals surface area contributed by atoms with Gasteiger partial charge in [-0.2, -0.15) is 0 Å². The van der Waals surface area contributed by atoms with E-state index in [9.17, 15) is 4.39 Å². The van der Waals surface area contributed by atoms with Crippen LogP contribution in [0.15, 0.2) is 46.9 Å². The van der Waals surface area contributed by atoms with Crippen LogP contribution < -0.4 is 5.32 Å². The molecule has 0 aliphatic heterocycles. The molecule has 0 aromatic heterocycles. The molecule has 0 radical (unpaired) electrons. The molecule has 0 fully saturated rings. The van der Waals surface area contributed by atoms with Gasteiger partial charge in [0, 0.05) is 6.04 Å². The van der Waals surface area contributed by atoms with Gasteiger partial charge in [0.2, 0.25) is 0 Å². The fraction of sp³-hybridized carbons (Fsp3) is 0.333. The smallest absolute Gasteiger partial charge is 0.137 e. The zero-order valence-corrected chi connectivity index (χ0v) is 14.1. The first-order valence-electron chi connectivity index (χ1n) is 7.34. The van der Waals surface area contributed by atoms with Gasteiger partial charge in [-0.1, -0.05) is 37.3 Å². The van der Waals surface area contributed by atoms with Gasteiger partial charge >= 0.3 is 0 Å². The van der Waals surface area contributed by atoms with Crippen LogP contribution in [0.3, 0.4) is 0 Å². The molecule has 0 bridgehead atoms. The highest BCUT2D eigenvalue weighted by Gasteiger charge is 2.14. The summed E-state index contributed by atoms with van der Waals surface area (Å²) in [5, 5.41) is 3.53. The Morgan fingerprint density at radius 3 is 2.62 bits per heavy atom. The number of nitrogens with one attached hydrogen (secondary N) is 1. The van der Waals surface area contributed by atoms with E-state index in [0.717, 1.165) is 24.9 Å². The molecule has 0 heterocycles. The van der Waals surface area contributed by atoms with Gasteiger partial charge in [-0.25, -0.2) is 4.39 Å². The number of halogens is 2. The molecule has 1 N–H and O–H groups in total. The van der Waals surface area contributed by atoms with Crippen LogP contribution in [-0.2, 0) is 6.42 Å². The standard InChI is InChI=1S/C18H21BrFN/c1-3-10-21-18(12-14-7-5-4-6-13(14)2)15-8-9-16(19)17(20)11-15/h4-9,11,18,21H,3,10,12H2,1-2H3. The summed E-state index contributed by atoms with van der Waals surface area (Å²) in [5.74, 6) is -0.208. The van der Waals surface area contributed by atoms with Gasteiger partial charge in [0.15, 0.2) is 0 Å². The molecule has 2 aromatic rings. The fourth-order valence-corrected chi connectivity index (χ4v) is 2.66. The summed E-state index contributed by atoms with van der Waals surface area (Å²) < 4.78 is 14.3. The summed E-state index contributed by atoms with van der Waals surface area (Å²) in [6, 6.07) is 13.9. The van der Waals surface area contributed by atoms with Gasteiger partial charge in [0.1, 0.15) is 5.82 Å². The van der Waals surface area contributed by atoms with E-state index in [4.69, 9.17) is 0 Å². The third kappa shape index (κ3) is 4.39. The highest BCUT2D eigenvalue weighted by atomic mass is 79.9. The number of hydrogen-bond donors (Lipinski definition) is 1. The van der Waals surface area contributed by atoms with E-state index in [-0.39, 0.29) is 11.9 Å². The predicted octanol–water partition coefficient (Wildman–Crippen LogP) is 5.18. The second kappa shape index (κ2) is 7.71. The van der Waals surface area contributed by atoms with Crippen molar-refractivity contribution in [2.75, 3.05) is 6.54 Å². The Labute approximate surface area is 134 Å². The third-order valence-corrected chi connectivity index (χ3v) is 4.32. The average molecular weight is 350 g/mol. The first-order valence-corrected chi connectivity index (χ1v) is 8.14. The summed E-state index contributed by atoms with van der Waals surface area (Å²) in [6.07, 6.45) is 1.93. The van der Waals surface area contributed by atoms with Gasteiger partial charge < -0.3 is 5.32 Å². The van der Waals surface area contributed by atoms with Crippen molar-refractivity contribution in [1.29, 1.82) is 0 Å². The van der Waals surface area contributed by atoms with Crippen molar-refractivity contribution in [3.05, 3.63) is 69.4 Å². The highest BCUT2D eigenvalue weighted by Crippen LogP contribution is 2.24. The Hall–Kier alpha value is -1.19. The summed E-state index contributed by atoms with van der Waals surface area (Å²) in [5.41, 5.74) is 3.57. The molecular weight excluding hydrogens is 329 g/mol. The van der Waals surface area contributed by atoms with E-state index in [2.05, 4.69) is 53.3 Å². The van der Waals surface area contributed by atoms with Crippen LogP contribution in [-0.4, -0.2) is 6.54 Å². The minimum Gasteiger partial charge on any atom is -0.310 e. The Kier molecular flexibility index (Phi) is 5.95. The lowest BCUT2D eigenvalue weighted by Gasteiger charge is -2.20. The van der Waals surface area contributed by atoms with Crippen molar-refractivity contribution in [3.8, 4) is 0 Å². The van der Waals surface area contributed by atoms with Crippen molar-refractivity contribution in [3.63, 3.8) is 0 Å². The van der Waals surface area contributed by atoms with Gasteiger partial charge in [-0.05, 0) is 71.1 Å². The Bertz CT molecular complexity index is 598. The minimum atomic E-state index is -0.208. The Morgan fingerprint density at radius 1 is 1.19 bits per heavy atom. The molecule has 1 nitrogen and oxygen atoms in total. The summed E-state index contributed by atoms with van der Waals surface area (Å²) in [6.45, 7) is 5.18. The second-order valence-corrected chi connectivity index (χ2v) is 6.17. The molecular formula is C18H21BrFN. The maximum atomic E-state index is 13.8. The van der Waals surface area contributed by atoms with Crippen molar-refractivity contribution < 1.29 is 4.39 Å². The summed E-state index contributed by atoms with van der Waals surface area (Å²) in [4.78, 5) is 0. The van der Waals surface area contributed by atoms with Crippen molar-refractivity contribution in [1.82, 2.24) is 5.32 Å². The molecule has 112 valence electrons. The zero-order chi connectivity index (χ0) is 15.2. The van der Waals surface area contributed by atoms with Crippen molar-refractivity contribution in [2.45, 2.75) is 32.7 Å². The van der Waals surface area contributed by atoms with Gasteiger partial charge in [0.25, 0.3) is 0 Å². The predicted molar refractivity (Wildman–Crippen MR) is 90.0 cm³/mol. The lowest BCUT2D eigenvalue weighted by atomic mass is 9.96. The number of rotatable bonds is 6. The molecule has 0 aliphatic rings. The molecule has 21 heavy (non-hydrogen) atoms. The van der Waals surface area contributed by atoms with E-state index in [1.807, 2.05) is 12.1 Å². The van der Waals surface area contributed by atoms with E-state index in [1.165, 1.54) is 11.1 Å². The third-order valence-electron chi connectivity index (χ3n) is 3.67. The molecule has 0 aliphatic carbocycles. The SMILES string of the molecule is CCCNC(Cc1ccccc1C)c1ccc(Br)c(F)c1. The molecule has 0 amide bonds. The molecule has 2 rings (SSSR count). The molecule has 0 saturated heterocycles. The Morgan fingerprint density at radius 2 is 1.95 bits per heavy atom. The second-order valence-electron chi connectivity index (χ2n) is 5.31. The van der Waals surface area contributed by atoms with Crippen LogP contribution >= 0.6 is 15.9 Å². The lowest BCUT2D eigenvalue weighted by molar-refractivity contribution is 0.523. The highest BCUT2D eigenvalue weighted by molar-refractivity contribution is 9.10. The minimum absolute atomic E-state index is 0.133. The average Bonchev–Trinajstić information content (AvgIpc) is 2.48. The molecule has 0 saturated carbocycles. The van der Waals surface area contributed by atoms with Gasteiger partial charge in [0.05, 0.1) is 4.47 Å². The number of aryl methyl sites for hydroxylation is 1. The molecule has 0 spiro atoms. The van der Waals surface area contributed by atoms with Crippen LogP contribution in [0.1, 0.15) is 36.1 Å². The van der Waals surface area contributed by atoms with Gasteiger partial charge in [-0.15, -0.1) is 0 Å². The first-order chi connectivity index (χ1) is 10.1. The van der Waals surface area contributed by atoms with Crippen LogP contribution in [0, 0.1) is 12.7 Å². The van der Waals surface area contributed by atoms with E-state index < -0.39 is 0 Å². The van der Waals surface area contributed by atoms with Crippen molar-refractivity contribution in [2.24, 2.45) is 0 Å². The quantitative estimate of drug-likeness (QED) is 0.757. The number of hydrogen-bond acceptors (Lipinski definition) is 1. The normalized spacial score (nSPS) is 12.4. The van der Waals surface area contributed by atoms with Gasteiger partial charge in [-0.3, -0.25) is 0 Å². The largest absolute Gasteiger partial charge is 0.310 e. The van der Waals surface area contributed by atoms with Crippen LogP contribution in [0.5, 0.6) is 0 Å². The number of benzene rings is 2. The van der Waals surface area contributed by atoms with E-state index >= 15 is 0 Å². The summed E-state index contributed by atoms with van der Waals surface area (Å²) in [7, 11) is 0. The summed E-state index contributed by atoms with van der Waals surface area (Å²) >= 11 is 3.21. The molecule has 1 atom stereocenters. The van der Waals surface area contributed by atoms with Crippen LogP contribution in [0.4, 0.5) is 4.39 Å². The molecule has 1 unspecified atom stereocenters. The lowest BCUT2D eigenvalue weighted by Crippen LogP contribution is -2.24. The van der Waals surface area contributed by atoms with E-state index in [0.29, 0.717) is 4.47 Å². The fourth-order valence-electron chi connectivity index (χ4n) is 2.41. The topological polar surface area (TPSA) is 12.0 Å². The van der Waals surface area contributed by atoms with Crippen molar-refractivity contribution >= 4 is 15.9 Å². The molecule has 2 aromatic carbocycles. The van der Waals surface area contributed by atoms with E-state index in [1.54, 1.807) is 12.1 Å². The Balaban J connectivity index is 2.25. The zero-order valence-electron chi connectivity index (χ0n) is 12.5. The maximum absolute atomic E-state index is 13.8.